The van der Waals surface area contributed by atoms with E-state index in [1.165, 1.54) is 24.3 Å². The van der Waals surface area contributed by atoms with E-state index in [0.717, 1.165) is 11.8 Å². The maximum absolute atomic E-state index is 13.1. The summed E-state index contributed by atoms with van der Waals surface area (Å²) in [6.45, 7) is 1.60. The Bertz CT molecular complexity index is 1110. The normalized spacial score (nSPS) is 11.4. The Morgan fingerprint density at radius 1 is 1.21 bits per heavy atom. The number of aryl methyl sites for hydroxylation is 1. The van der Waals surface area contributed by atoms with Gasteiger partial charge >= 0.3 is 6.18 Å². The van der Waals surface area contributed by atoms with Crippen molar-refractivity contribution in [2.75, 3.05) is 11.1 Å². The summed E-state index contributed by atoms with van der Waals surface area (Å²) in [5, 5.41) is 13.8. The lowest BCUT2D eigenvalue weighted by atomic mass is 10.2. The van der Waals surface area contributed by atoms with Crippen LogP contribution in [0.4, 0.5) is 24.5 Å². The van der Waals surface area contributed by atoms with E-state index in [0.29, 0.717) is 16.6 Å². The van der Waals surface area contributed by atoms with Crippen LogP contribution in [0.25, 0.3) is 10.9 Å². The van der Waals surface area contributed by atoms with Crippen molar-refractivity contribution in [1.82, 2.24) is 9.97 Å². The zero-order chi connectivity index (χ0) is 21.2. The van der Waals surface area contributed by atoms with Gasteiger partial charge in [0.05, 0.1) is 16.2 Å². The molecule has 0 saturated heterocycles. The number of nitro groups is 1. The number of thioether (sulfide) groups is 1. The molecule has 0 aliphatic heterocycles. The van der Waals surface area contributed by atoms with Gasteiger partial charge in [-0.3, -0.25) is 14.9 Å². The van der Waals surface area contributed by atoms with Gasteiger partial charge < -0.3 is 5.32 Å². The summed E-state index contributed by atoms with van der Waals surface area (Å²) in [6, 6.07) is 10.2. The Labute approximate surface area is 166 Å². The molecule has 0 atom stereocenters. The zero-order valence-corrected chi connectivity index (χ0v) is 15.7. The highest BCUT2D eigenvalue weighted by Gasteiger charge is 2.35. The molecule has 7 nitrogen and oxygen atoms in total. The minimum atomic E-state index is -4.71. The van der Waals surface area contributed by atoms with Crippen LogP contribution < -0.4 is 5.32 Å². The number of para-hydroxylation sites is 1. The molecule has 1 amide bonds. The number of nitrogens with one attached hydrogen (secondary N) is 1. The molecule has 29 heavy (non-hydrogen) atoms. The van der Waals surface area contributed by atoms with Gasteiger partial charge in [0.2, 0.25) is 11.7 Å². The van der Waals surface area contributed by atoms with E-state index in [4.69, 9.17) is 0 Å². The molecule has 2 aromatic carbocycles. The molecular weight excluding hydrogens is 409 g/mol. The van der Waals surface area contributed by atoms with Crippen molar-refractivity contribution in [3.63, 3.8) is 0 Å². The number of rotatable bonds is 5. The molecule has 0 fully saturated rings. The summed E-state index contributed by atoms with van der Waals surface area (Å²) in [7, 11) is 0. The monoisotopic (exact) mass is 422 g/mol. The molecule has 3 rings (SSSR count). The first-order chi connectivity index (χ1) is 13.6. The lowest BCUT2D eigenvalue weighted by Gasteiger charge is -2.11. The van der Waals surface area contributed by atoms with E-state index in [9.17, 15) is 28.1 Å². The van der Waals surface area contributed by atoms with Crippen LogP contribution in [0.15, 0.2) is 47.5 Å². The number of hydrogen-bond acceptors (Lipinski definition) is 6. The largest absolute Gasteiger partial charge is 0.451 e. The third kappa shape index (κ3) is 4.80. The van der Waals surface area contributed by atoms with Gasteiger partial charge in [-0.25, -0.2) is 9.97 Å². The molecule has 3 aromatic rings. The van der Waals surface area contributed by atoms with Crippen molar-refractivity contribution in [3.8, 4) is 0 Å². The van der Waals surface area contributed by atoms with E-state index in [1.54, 1.807) is 25.1 Å². The van der Waals surface area contributed by atoms with Crippen LogP contribution in [0.1, 0.15) is 11.4 Å². The standard InChI is InChI=1S/C18H13F3N4O3S/c1-10-8-11(25(27)28)6-7-13(10)22-15(26)9-29-16-12-4-2-3-5-14(12)23-17(24-16)18(19,20)21/h2-8H,9H2,1H3,(H,22,26). The minimum Gasteiger partial charge on any atom is -0.325 e. The van der Waals surface area contributed by atoms with Gasteiger partial charge in [0, 0.05) is 23.2 Å². The maximum atomic E-state index is 13.1. The molecule has 0 saturated carbocycles. The first kappa shape index (κ1) is 20.5. The molecule has 0 radical (unpaired) electrons. The predicted octanol–water partition coefficient (Wildman–Crippen LogP) is 4.60. The molecule has 0 bridgehead atoms. The van der Waals surface area contributed by atoms with Crippen molar-refractivity contribution in [1.29, 1.82) is 0 Å². The highest BCUT2D eigenvalue weighted by Crippen LogP contribution is 2.32. The molecule has 11 heteroatoms. The van der Waals surface area contributed by atoms with Crippen molar-refractivity contribution in [3.05, 3.63) is 64.0 Å². The summed E-state index contributed by atoms with van der Waals surface area (Å²) < 4.78 is 39.2. The highest BCUT2D eigenvalue weighted by molar-refractivity contribution is 8.00. The summed E-state index contributed by atoms with van der Waals surface area (Å²) in [6.07, 6.45) is -4.71. The predicted molar refractivity (Wildman–Crippen MR) is 102 cm³/mol. The molecule has 0 aliphatic rings. The quantitative estimate of drug-likeness (QED) is 0.279. The Hall–Kier alpha value is -3.21. The maximum Gasteiger partial charge on any atom is 0.451 e. The Morgan fingerprint density at radius 2 is 1.93 bits per heavy atom. The number of nitrogens with zero attached hydrogens (tertiary/aromatic N) is 3. The van der Waals surface area contributed by atoms with Crippen LogP contribution in [-0.4, -0.2) is 26.6 Å². The second-order valence-electron chi connectivity index (χ2n) is 5.96. The molecule has 0 aliphatic carbocycles. The molecule has 1 aromatic heterocycles. The fourth-order valence-electron chi connectivity index (χ4n) is 2.51. The number of carbonyl (C=O) groups is 1. The zero-order valence-electron chi connectivity index (χ0n) is 14.9. The second kappa shape index (κ2) is 8.03. The number of carbonyl (C=O) groups excluding carboxylic acids is 1. The number of alkyl halides is 3. The lowest BCUT2D eigenvalue weighted by molar-refractivity contribution is -0.384. The van der Waals surface area contributed by atoms with Gasteiger partial charge in [0.1, 0.15) is 5.03 Å². The average Bonchev–Trinajstić information content (AvgIpc) is 2.66. The Kier molecular flexibility index (Phi) is 5.69. The minimum absolute atomic E-state index is 0.0403. The van der Waals surface area contributed by atoms with E-state index >= 15 is 0 Å². The van der Waals surface area contributed by atoms with E-state index in [1.807, 2.05) is 0 Å². The van der Waals surface area contributed by atoms with Crippen LogP contribution in [0.5, 0.6) is 0 Å². The average molecular weight is 422 g/mol. The van der Waals surface area contributed by atoms with Crippen molar-refractivity contribution in [2.45, 2.75) is 18.1 Å². The van der Waals surface area contributed by atoms with Gasteiger partial charge in [-0.1, -0.05) is 30.0 Å². The number of hydrogen-bond donors (Lipinski definition) is 1. The number of anilines is 1. The molecule has 0 unspecified atom stereocenters. The topological polar surface area (TPSA) is 98.0 Å². The highest BCUT2D eigenvalue weighted by atomic mass is 32.2. The van der Waals surface area contributed by atoms with Crippen LogP contribution in [0.2, 0.25) is 0 Å². The third-order valence-corrected chi connectivity index (χ3v) is 4.85. The molecule has 150 valence electrons. The van der Waals surface area contributed by atoms with Gasteiger partial charge in [-0.05, 0) is 24.6 Å². The fourth-order valence-corrected chi connectivity index (χ4v) is 3.33. The smallest absolute Gasteiger partial charge is 0.325 e. The van der Waals surface area contributed by atoms with Gasteiger partial charge in [0.15, 0.2) is 0 Å². The molecule has 1 N–H and O–H groups in total. The van der Waals surface area contributed by atoms with Crippen molar-refractivity contribution < 1.29 is 22.9 Å². The fraction of sp³-hybridized carbons (Fsp3) is 0.167. The number of non-ortho nitro benzene ring substituents is 1. The van der Waals surface area contributed by atoms with Crippen LogP contribution in [0.3, 0.4) is 0 Å². The first-order valence-corrected chi connectivity index (χ1v) is 9.15. The first-order valence-electron chi connectivity index (χ1n) is 8.17. The lowest BCUT2D eigenvalue weighted by Crippen LogP contribution is -2.16. The van der Waals surface area contributed by atoms with Crippen LogP contribution >= 0.6 is 11.8 Å². The molecule has 0 spiro atoms. The SMILES string of the molecule is Cc1cc([N+](=O)[O-])ccc1NC(=O)CSc1nc(C(F)(F)F)nc2ccccc12. The van der Waals surface area contributed by atoms with Gasteiger partial charge in [-0.2, -0.15) is 13.2 Å². The summed E-state index contributed by atoms with van der Waals surface area (Å²) >= 11 is 0.850. The Balaban J connectivity index is 1.78. The van der Waals surface area contributed by atoms with E-state index in [2.05, 4.69) is 15.3 Å². The van der Waals surface area contributed by atoms with Crippen LogP contribution in [0, 0.1) is 17.0 Å². The molecular formula is C18H13F3N4O3S. The van der Waals surface area contributed by atoms with E-state index in [-0.39, 0.29) is 22.0 Å². The number of benzene rings is 2. The summed E-state index contributed by atoms with van der Waals surface area (Å²) in [5.41, 5.74) is 0.889. The number of amides is 1. The van der Waals surface area contributed by atoms with Crippen molar-refractivity contribution >= 4 is 39.9 Å². The number of nitro benzene ring substituents is 1. The summed E-state index contributed by atoms with van der Waals surface area (Å²) in [4.78, 5) is 29.6. The molecule has 1 heterocycles. The number of fused-ring (bicyclic) bond motifs is 1. The summed E-state index contributed by atoms with van der Waals surface area (Å²) in [5.74, 6) is -1.96. The van der Waals surface area contributed by atoms with Crippen molar-refractivity contribution in [2.24, 2.45) is 0 Å². The second-order valence-corrected chi connectivity index (χ2v) is 6.92. The van der Waals surface area contributed by atoms with Crippen LogP contribution in [-0.2, 0) is 11.0 Å². The number of halogens is 3. The third-order valence-electron chi connectivity index (χ3n) is 3.86. The van der Waals surface area contributed by atoms with Gasteiger partial charge in [0.25, 0.3) is 5.69 Å². The number of aromatic nitrogens is 2. The van der Waals surface area contributed by atoms with E-state index < -0.39 is 22.8 Å². The Morgan fingerprint density at radius 3 is 2.59 bits per heavy atom. The van der Waals surface area contributed by atoms with Gasteiger partial charge in [-0.15, -0.1) is 0 Å².